The van der Waals surface area contributed by atoms with Gasteiger partial charge in [0.15, 0.2) is 5.78 Å². The standard InChI is InChI=1S/C24H23NO3S/c1-15(2)13-19(22(26)18-11-9-16(3)10-12-18)25-20-14-21(29-23(20)24(27)28)17-7-5-4-6-8-17/h4-14,19,25H,1-3H3,(H,27,28). The highest BCUT2D eigenvalue weighted by Crippen LogP contribution is 2.35. The van der Waals surface area contributed by atoms with Crippen molar-refractivity contribution in [3.8, 4) is 10.4 Å². The number of benzene rings is 2. The molecule has 0 spiro atoms. The van der Waals surface area contributed by atoms with E-state index in [9.17, 15) is 14.7 Å². The highest BCUT2D eigenvalue weighted by atomic mass is 32.1. The first-order valence-electron chi connectivity index (χ1n) is 9.30. The summed E-state index contributed by atoms with van der Waals surface area (Å²) in [6, 6.07) is 18.2. The monoisotopic (exact) mass is 405 g/mol. The molecule has 3 aromatic rings. The Morgan fingerprint density at radius 3 is 2.28 bits per heavy atom. The second kappa shape index (κ2) is 8.88. The van der Waals surface area contributed by atoms with Gasteiger partial charge in [0.05, 0.1) is 5.69 Å². The Kier molecular flexibility index (Phi) is 6.29. The SMILES string of the molecule is CC(C)=CC(Nc1cc(-c2ccccc2)sc1C(=O)O)C(=O)c1ccc(C)cc1. The number of anilines is 1. The quantitative estimate of drug-likeness (QED) is 0.371. The van der Waals surface area contributed by atoms with Crippen LogP contribution in [0.3, 0.4) is 0 Å². The third kappa shape index (κ3) is 5.00. The van der Waals surface area contributed by atoms with E-state index in [4.69, 9.17) is 0 Å². The number of hydrogen-bond donors (Lipinski definition) is 2. The lowest BCUT2D eigenvalue weighted by Crippen LogP contribution is -2.28. The molecule has 148 valence electrons. The zero-order chi connectivity index (χ0) is 21.0. The first kappa shape index (κ1) is 20.6. The van der Waals surface area contributed by atoms with Gasteiger partial charge >= 0.3 is 5.97 Å². The Balaban J connectivity index is 1.98. The molecule has 0 saturated carbocycles. The van der Waals surface area contributed by atoms with Crippen molar-refractivity contribution in [1.29, 1.82) is 0 Å². The third-order valence-corrected chi connectivity index (χ3v) is 5.59. The molecule has 0 aliphatic rings. The number of rotatable bonds is 7. The number of nitrogens with one attached hydrogen (secondary N) is 1. The zero-order valence-electron chi connectivity index (χ0n) is 16.6. The summed E-state index contributed by atoms with van der Waals surface area (Å²) in [5.41, 5.74) is 4.02. The first-order chi connectivity index (χ1) is 13.8. The van der Waals surface area contributed by atoms with E-state index in [-0.39, 0.29) is 10.7 Å². The van der Waals surface area contributed by atoms with Crippen LogP contribution in [0.2, 0.25) is 0 Å². The van der Waals surface area contributed by atoms with Crippen molar-refractivity contribution in [3.05, 3.63) is 88.3 Å². The molecular weight excluding hydrogens is 382 g/mol. The lowest BCUT2D eigenvalue weighted by atomic mass is 10.0. The maximum Gasteiger partial charge on any atom is 0.348 e. The molecule has 1 atom stereocenters. The fourth-order valence-electron chi connectivity index (χ4n) is 2.98. The van der Waals surface area contributed by atoms with Gasteiger partial charge in [-0.1, -0.05) is 71.8 Å². The van der Waals surface area contributed by atoms with Crippen molar-refractivity contribution in [2.45, 2.75) is 26.8 Å². The van der Waals surface area contributed by atoms with Crippen LogP contribution in [-0.2, 0) is 0 Å². The number of thiophene rings is 1. The molecule has 0 saturated heterocycles. The van der Waals surface area contributed by atoms with Crippen LogP contribution in [0, 0.1) is 6.92 Å². The van der Waals surface area contributed by atoms with Crippen LogP contribution in [0.25, 0.3) is 10.4 Å². The van der Waals surface area contributed by atoms with E-state index in [2.05, 4.69) is 5.32 Å². The van der Waals surface area contributed by atoms with E-state index in [0.717, 1.165) is 21.6 Å². The summed E-state index contributed by atoms with van der Waals surface area (Å²) in [4.78, 5) is 25.9. The van der Waals surface area contributed by atoms with Crippen molar-refractivity contribution in [2.24, 2.45) is 0 Å². The van der Waals surface area contributed by atoms with Gasteiger partial charge in [0.2, 0.25) is 0 Å². The Bertz CT molecular complexity index is 1050. The van der Waals surface area contributed by atoms with Gasteiger partial charge in [-0.3, -0.25) is 4.79 Å². The van der Waals surface area contributed by atoms with Crippen molar-refractivity contribution in [2.75, 3.05) is 5.32 Å². The lowest BCUT2D eigenvalue weighted by Gasteiger charge is -2.16. The minimum absolute atomic E-state index is 0.102. The van der Waals surface area contributed by atoms with Crippen LogP contribution >= 0.6 is 11.3 Å². The van der Waals surface area contributed by atoms with Gasteiger partial charge in [-0.25, -0.2) is 4.79 Å². The number of aryl methyl sites for hydroxylation is 1. The number of hydrogen-bond acceptors (Lipinski definition) is 4. The molecule has 0 bridgehead atoms. The molecule has 2 aromatic carbocycles. The van der Waals surface area contributed by atoms with Crippen LogP contribution in [0.5, 0.6) is 0 Å². The molecule has 1 aromatic heterocycles. The zero-order valence-corrected chi connectivity index (χ0v) is 17.4. The lowest BCUT2D eigenvalue weighted by molar-refractivity contribution is 0.0702. The largest absolute Gasteiger partial charge is 0.477 e. The summed E-state index contributed by atoms with van der Waals surface area (Å²) >= 11 is 1.20. The number of ketones is 1. The van der Waals surface area contributed by atoms with Crippen molar-refractivity contribution < 1.29 is 14.7 Å². The molecule has 29 heavy (non-hydrogen) atoms. The molecule has 0 amide bonds. The number of carbonyl (C=O) groups excluding carboxylic acids is 1. The average Bonchev–Trinajstić information content (AvgIpc) is 3.12. The number of carboxylic acid groups (broad SMARTS) is 1. The number of Topliss-reactive ketones (excluding diaryl/α,β-unsaturated/α-hetero) is 1. The molecule has 0 aliphatic heterocycles. The maximum absolute atomic E-state index is 13.1. The predicted molar refractivity (Wildman–Crippen MR) is 119 cm³/mol. The van der Waals surface area contributed by atoms with E-state index < -0.39 is 12.0 Å². The Labute approximate surface area is 174 Å². The van der Waals surface area contributed by atoms with Crippen LogP contribution in [-0.4, -0.2) is 22.9 Å². The van der Waals surface area contributed by atoms with E-state index in [1.807, 2.05) is 69.3 Å². The van der Waals surface area contributed by atoms with Gasteiger partial charge < -0.3 is 10.4 Å². The molecular formula is C24H23NO3S. The molecule has 0 aliphatic carbocycles. The van der Waals surface area contributed by atoms with Crippen LogP contribution in [0.1, 0.15) is 39.4 Å². The third-order valence-electron chi connectivity index (χ3n) is 4.41. The average molecular weight is 406 g/mol. The first-order valence-corrected chi connectivity index (χ1v) is 10.1. The summed E-state index contributed by atoms with van der Waals surface area (Å²) in [5.74, 6) is -1.12. The van der Waals surface area contributed by atoms with Crippen LogP contribution in [0.4, 0.5) is 5.69 Å². The molecule has 1 unspecified atom stereocenters. The predicted octanol–water partition coefficient (Wildman–Crippen LogP) is 6.05. The molecule has 0 radical (unpaired) electrons. The maximum atomic E-state index is 13.1. The Morgan fingerprint density at radius 2 is 1.69 bits per heavy atom. The fraction of sp³-hybridized carbons (Fsp3) is 0.167. The van der Waals surface area contributed by atoms with Crippen molar-refractivity contribution >= 4 is 28.8 Å². The van der Waals surface area contributed by atoms with Gasteiger partial charge in [0.1, 0.15) is 10.9 Å². The Morgan fingerprint density at radius 1 is 1.03 bits per heavy atom. The summed E-state index contributed by atoms with van der Waals surface area (Å²) in [6.45, 7) is 5.80. The van der Waals surface area contributed by atoms with Crippen LogP contribution < -0.4 is 5.32 Å². The topological polar surface area (TPSA) is 66.4 Å². The fourth-order valence-corrected chi connectivity index (χ4v) is 3.95. The van der Waals surface area contributed by atoms with Crippen molar-refractivity contribution in [1.82, 2.24) is 0 Å². The highest BCUT2D eigenvalue weighted by Gasteiger charge is 2.23. The van der Waals surface area contributed by atoms with Crippen molar-refractivity contribution in [3.63, 3.8) is 0 Å². The summed E-state index contributed by atoms with van der Waals surface area (Å²) < 4.78 is 0. The van der Waals surface area contributed by atoms with Gasteiger partial charge in [0, 0.05) is 10.4 Å². The van der Waals surface area contributed by atoms with Crippen LogP contribution in [0.15, 0.2) is 72.3 Å². The highest BCUT2D eigenvalue weighted by molar-refractivity contribution is 7.18. The second-order valence-electron chi connectivity index (χ2n) is 7.12. The van der Waals surface area contributed by atoms with Gasteiger partial charge in [-0.2, -0.15) is 0 Å². The minimum Gasteiger partial charge on any atom is -0.477 e. The second-order valence-corrected chi connectivity index (χ2v) is 8.17. The molecule has 4 nitrogen and oxygen atoms in total. The number of aromatic carboxylic acids is 1. The van der Waals surface area contributed by atoms with Gasteiger partial charge in [-0.05, 0) is 32.4 Å². The molecule has 2 N–H and O–H groups in total. The molecule has 5 heteroatoms. The molecule has 0 fully saturated rings. The van der Waals surface area contributed by atoms with E-state index in [0.29, 0.717) is 11.3 Å². The number of allylic oxidation sites excluding steroid dienone is 1. The van der Waals surface area contributed by atoms with E-state index in [1.165, 1.54) is 11.3 Å². The molecule has 3 rings (SSSR count). The summed E-state index contributed by atoms with van der Waals surface area (Å²) in [7, 11) is 0. The van der Waals surface area contributed by atoms with E-state index in [1.54, 1.807) is 18.2 Å². The normalized spacial score (nSPS) is 11.6. The molecule has 1 heterocycles. The van der Waals surface area contributed by atoms with Gasteiger partial charge in [0.25, 0.3) is 0 Å². The summed E-state index contributed by atoms with van der Waals surface area (Å²) in [5, 5.41) is 12.8. The Hall–Kier alpha value is -3.18. The van der Waals surface area contributed by atoms with E-state index >= 15 is 0 Å². The number of carbonyl (C=O) groups is 2. The minimum atomic E-state index is -1.02. The summed E-state index contributed by atoms with van der Waals surface area (Å²) in [6.07, 6.45) is 1.83. The smallest absolute Gasteiger partial charge is 0.348 e. The number of carboxylic acids is 1. The van der Waals surface area contributed by atoms with Gasteiger partial charge in [-0.15, -0.1) is 11.3 Å².